The molecule has 0 aromatic heterocycles. The van der Waals surface area contributed by atoms with E-state index in [4.69, 9.17) is 5.73 Å². The molecule has 0 bridgehead atoms. The van der Waals surface area contributed by atoms with Crippen LogP contribution in [-0.2, 0) is 0 Å². The Balaban J connectivity index is 4.46. The van der Waals surface area contributed by atoms with Crippen molar-refractivity contribution in [3.63, 3.8) is 0 Å². The molecule has 0 aliphatic heterocycles. The standard InChI is InChI=1S/C15H33N/c1-7-13(6)9-15(12(4)5)14(10-16)8-11(2)3/h11-15H,7-10,16H2,1-6H3. The topological polar surface area (TPSA) is 26.0 Å². The van der Waals surface area contributed by atoms with Crippen molar-refractivity contribution in [1.29, 1.82) is 0 Å². The van der Waals surface area contributed by atoms with Gasteiger partial charge in [-0.05, 0) is 49.0 Å². The van der Waals surface area contributed by atoms with Gasteiger partial charge in [-0.1, -0.05) is 48.0 Å². The minimum Gasteiger partial charge on any atom is -0.330 e. The SMILES string of the molecule is CCC(C)CC(C(C)C)C(CN)CC(C)C. The zero-order valence-corrected chi connectivity index (χ0v) is 12.3. The molecule has 0 aliphatic rings. The third kappa shape index (κ3) is 5.89. The lowest BCUT2D eigenvalue weighted by molar-refractivity contribution is 0.187. The molecule has 0 radical (unpaired) electrons. The van der Waals surface area contributed by atoms with E-state index in [1.165, 1.54) is 19.3 Å². The van der Waals surface area contributed by atoms with E-state index in [-0.39, 0.29) is 0 Å². The van der Waals surface area contributed by atoms with Crippen LogP contribution in [0.25, 0.3) is 0 Å². The summed E-state index contributed by atoms with van der Waals surface area (Å²) >= 11 is 0. The molecule has 0 amide bonds. The first kappa shape index (κ1) is 16.0. The van der Waals surface area contributed by atoms with Gasteiger partial charge in [-0.2, -0.15) is 0 Å². The summed E-state index contributed by atoms with van der Waals surface area (Å²) in [4.78, 5) is 0. The lowest BCUT2D eigenvalue weighted by Crippen LogP contribution is -2.29. The quantitative estimate of drug-likeness (QED) is 0.657. The summed E-state index contributed by atoms with van der Waals surface area (Å²) in [6.45, 7) is 14.9. The van der Waals surface area contributed by atoms with E-state index in [2.05, 4.69) is 41.5 Å². The largest absolute Gasteiger partial charge is 0.330 e. The molecule has 3 unspecified atom stereocenters. The second-order valence-corrected chi connectivity index (χ2v) is 6.28. The van der Waals surface area contributed by atoms with Gasteiger partial charge in [0.1, 0.15) is 0 Å². The molecule has 0 aliphatic carbocycles. The zero-order chi connectivity index (χ0) is 12.7. The molecule has 0 fully saturated rings. The number of nitrogens with two attached hydrogens (primary N) is 1. The van der Waals surface area contributed by atoms with Crippen LogP contribution in [0.15, 0.2) is 0 Å². The van der Waals surface area contributed by atoms with Crippen LogP contribution in [0, 0.1) is 29.6 Å². The molecule has 0 rings (SSSR count). The first-order valence-electron chi connectivity index (χ1n) is 7.12. The molecule has 1 heteroatoms. The van der Waals surface area contributed by atoms with Gasteiger partial charge in [0.2, 0.25) is 0 Å². The maximum Gasteiger partial charge on any atom is -0.00460 e. The van der Waals surface area contributed by atoms with Crippen LogP contribution in [0.5, 0.6) is 0 Å². The molecule has 1 nitrogen and oxygen atoms in total. The van der Waals surface area contributed by atoms with Crippen LogP contribution < -0.4 is 5.73 Å². The van der Waals surface area contributed by atoms with Gasteiger partial charge in [0, 0.05) is 0 Å². The molecule has 2 N–H and O–H groups in total. The fraction of sp³-hybridized carbons (Fsp3) is 1.00. The Kier molecular flexibility index (Phi) is 8.09. The van der Waals surface area contributed by atoms with Gasteiger partial charge in [0.25, 0.3) is 0 Å². The average Bonchev–Trinajstić information content (AvgIpc) is 2.21. The van der Waals surface area contributed by atoms with E-state index < -0.39 is 0 Å². The predicted molar refractivity (Wildman–Crippen MR) is 74.4 cm³/mol. The van der Waals surface area contributed by atoms with Crippen LogP contribution in [0.1, 0.15) is 60.8 Å². The van der Waals surface area contributed by atoms with Crippen molar-refractivity contribution in [2.75, 3.05) is 6.54 Å². The smallest absolute Gasteiger partial charge is 0.00460 e. The Morgan fingerprint density at radius 2 is 1.50 bits per heavy atom. The fourth-order valence-electron chi connectivity index (χ4n) is 2.69. The van der Waals surface area contributed by atoms with Crippen molar-refractivity contribution in [3.05, 3.63) is 0 Å². The molecule has 98 valence electrons. The molecule has 3 atom stereocenters. The van der Waals surface area contributed by atoms with Crippen molar-refractivity contribution in [1.82, 2.24) is 0 Å². The maximum absolute atomic E-state index is 5.98. The highest BCUT2D eigenvalue weighted by molar-refractivity contribution is 4.76. The van der Waals surface area contributed by atoms with Crippen LogP contribution >= 0.6 is 0 Å². The normalized spacial score (nSPS) is 17.8. The van der Waals surface area contributed by atoms with E-state index in [9.17, 15) is 0 Å². The van der Waals surface area contributed by atoms with Crippen molar-refractivity contribution in [2.24, 2.45) is 35.3 Å². The molecule has 0 saturated heterocycles. The van der Waals surface area contributed by atoms with Gasteiger partial charge >= 0.3 is 0 Å². The Morgan fingerprint density at radius 1 is 0.938 bits per heavy atom. The predicted octanol–water partition coefficient (Wildman–Crippen LogP) is 4.32. The molecule has 0 heterocycles. The highest BCUT2D eigenvalue weighted by atomic mass is 14.6. The average molecular weight is 227 g/mol. The zero-order valence-electron chi connectivity index (χ0n) is 12.3. The molecule has 16 heavy (non-hydrogen) atoms. The summed E-state index contributed by atoms with van der Waals surface area (Å²) in [5, 5.41) is 0. The number of hydrogen-bond acceptors (Lipinski definition) is 1. The van der Waals surface area contributed by atoms with Gasteiger partial charge in [0.15, 0.2) is 0 Å². The highest BCUT2D eigenvalue weighted by Crippen LogP contribution is 2.32. The molecular formula is C15H33N. The van der Waals surface area contributed by atoms with E-state index in [0.717, 1.165) is 30.2 Å². The van der Waals surface area contributed by atoms with Gasteiger partial charge < -0.3 is 5.73 Å². The van der Waals surface area contributed by atoms with Gasteiger partial charge in [-0.15, -0.1) is 0 Å². The summed E-state index contributed by atoms with van der Waals surface area (Å²) in [5.41, 5.74) is 5.98. The third-order valence-corrected chi connectivity index (χ3v) is 3.91. The van der Waals surface area contributed by atoms with Crippen LogP contribution in [-0.4, -0.2) is 6.54 Å². The Labute approximate surface area is 103 Å². The first-order chi connectivity index (χ1) is 7.42. The van der Waals surface area contributed by atoms with Gasteiger partial charge in [0.05, 0.1) is 0 Å². The summed E-state index contributed by atoms with van der Waals surface area (Å²) < 4.78 is 0. The molecule has 0 saturated carbocycles. The fourth-order valence-corrected chi connectivity index (χ4v) is 2.69. The van der Waals surface area contributed by atoms with Crippen LogP contribution in [0.3, 0.4) is 0 Å². The van der Waals surface area contributed by atoms with Crippen LogP contribution in [0.2, 0.25) is 0 Å². The summed E-state index contributed by atoms with van der Waals surface area (Å²) in [7, 11) is 0. The van der Waals surface area contributed by atoms with Gasteiger partial charge in [-0.25, -0.2) is 0 Å². The second kappa shape index (κ2) is 8.11. The Morgan fingerprint density at radius 3 is 1.81 bits per heavy atom. The van der Waals surface area contributed by atoms with Crippen molar-refractivity contribution in [2.45, 2.75) is 60.8 Å². The maximum atomic E-state index is 5.98. The van der Waals surface area contributed by atoms with E-state index in [0.29, 0.717) is 5.92 Å². The molecule has 0 aromatic rings. The second-order valence-electron chi connectivity index (χ2n) is 6.28. The molecular weight excluding hydrogens is 194 g/mol. The minimum atomic E-state index is 0.717. The summed E-state index contributed by atoms with van der Waals surface area (Å²) in [5.74, 6) is 3.90. The van der Waals surface area contributed by atoms with Crippen molar-refractivity contribution < 1.29 is 0 Å². The number of hydrogen-bond donors (Lipinski definition) is 1. The van der Waals surface area contributed by atoms with E-state index in [1.54, 1.807) is 0 Å². The van der Waals surface area contributed by atoms with Crippen molar-refractivity contribution in [3.8, 4) is 0 Å². The molecule has 0 spiro atoms. The third-order valence-electron chi connectivity index (χ3n) is 3.91. The van der Waals surface area contributed by atoms with Crippen molar-refractivity contribution >= 4 is 0 Å². The van der Waals surface area contributed by atoms with Gasteiger partial charge in [-0.3, -0.25) is 0 Å². The monoisotopic (exact) mass is 227 g/mol. The summed E-state index contributed by atoms with van der Waals surface area (Å²) in [6, 6.07) is 0. The van der Waals surface area contributed by atoms with Crippen LogP contribution in [0.4, 0.5) is 0 Å². The minimum absolute atomic E-state index is 0.717. The summed E-state index contributed by atoms with van der Waals surface area (Å²) in [6.07, 6.45) is 3.93. The number of rotatable bonds is 8. The first-order valence-corrected chi connectivity index (χ1v) is 7.12. The Hall–Kier alpha value is -0.0400. The highest BCUT2D eigenvalue weighted by Gasteiger charge is 2.25. The molecule has 0 aromatic carbocycles. The van der Waals surface area contributed by atoms with E-state index in [1.807, 2.05) is 0 Å². The Bertz CT molecular complexity index is 163. The lowest BCUT2D eigenvalue weighted by atomic mass is 9.74. The van der Waals surface area contributed by atoms with E-state index >= 15 is 0 Å². The lowest BCUT2D eigenvalue weighted by Gasteiger charge is -2.32.